The predicted molar refractivity (Wildman–Crippen MR) is 73.2 cm³/mol. The van der Waals surface area contributed by atoms with Gasteiger partial charge in [0.15, 0.2) is 0 Å². The summed E-state index contributed by atoms with van der Waals surface area (Å²) in [5.74, 6) is 0.327. The first-order chi connectivity index (χ1) is 8.27. The molecule has 2 heteroatoms. The van der Waals surface area contributed by atoms with E-state index in [2.05, 4.69) is 0 Å². The van der Waals surface area contributed by atoms with E-state index >= 15 is 0 Å². The first-order valence-corrected chi connectivity index (χ1v) is 7.37. The molecule has 0 aliphatic rings. The van der Waals surface area contributed by atoms with Crippen LogP contribution in [0.5, 0.6) is 0 Å². The van der Waals surface area contributed by atoms with E-state index in [9.17, 15) is 4.79 Å². The van der Waals surface area contributed by atoms with Gasteiger partial charge in [0.05, 0.1) is 0 Å². The molecule has 1 N–H and O–H groups in total. The quantitative estimate of drug-likeness (QED) is 0.490. The molecule has 0 aromatic carbocycles. The molecule has 0 saturated heterocycles. The van der Waals surface area contributed by atoms with Gasteiger partial charge in [-0.3, -0.25) is 0 Å². The van der Waals surface area contributed by atoms with E-state index in [1.54, 1.807) is 6.92 Å². The minimum atomic E-state index is 0.327. The maximum absolute atomic E-state index is 10.7. The molecule has 0 bridgehead atoms. The van der Waals surface area contributed by atoms with Crippen molar-refractivity contribution in [2.45, 2.75) is 84.0 Å². The highest BCUT2D eigenvalue weighted by molar-refractivity contribution is 5.75. The van der Waals surface area contributed by atoms with Crippen molar-refractivity contribution in [2.24, 2.45) is 0 Å². The van der Waals surface area contributed by atoms with Crippen molar-refractivity contribution in [2.75, 3.05) is 6.61 Å². The molecule has 0 aliphatic heterocycles. The average Bonchev–Trinajstić information content (AvgIpc) is 2.30. The number of carbonyl (C=O) groups is 1. The summed E-state index contributed by atoms with van der Waals surface area (Å²) in [6.45, 7) is 2.02. The van der Waals surface area contributed by atoms with Crippen LogP contribution in [0.2, 0.25) is 0 Å². The van der Waals surface area contributed by atoms with E-state index in [-0.39, 0.29) is 0 Å². The molecule has 0 saturated carbocycles. The Hall–Kier alpha value is -0.370. The molecule has 0 aliphatic carbocycles. The number of aliphatic hydroxyl groups excluding tert-OH is 1. The van der Waals surface area contributed by atoms with Gasteiger partial charge >= 0.3 is 0 Å². The Kier molecular flexibility index (Phi) is 13.4. The fourth-order valence-electron chi connectivity index (χ4n) is 2.08. The molecule has 0 aromatic heterocycles. The summed E-state index contributed by atoms with van der Waals surface area (Å²) in [6, 6.07) is 0. The number of carbonyl (C=O) groups excluding carboxylic acids is 1. The fourth-order valence-corrected chi connectivity index (χ4v) is 2.08. The van der Waals surface area contributed by atoms with Gasteiger partial charge in [-0.05, 0) is 19.8 Å². The second kappa shape index (κ2) is 13.7. The number of hydrogen-bond acceptors (Lipinski definition) is 2. The van der Waals surface area contributed by atoms with Crippen LogP contribution in [0.3, 0.4) is 0 Å². The van der Waals surface area contributed by atoms with Crippen LogP contribution >= 0.6 is 0 Å². The number of rotatable bonds is 13. The van der Waals surface area contributed by atoms with Gasteiger partial charge in [-0.1, -0.05) is 57.8 Å². The van der Waals surface area contributed by atoms with Crippen molar-refractivity contribution in [3.05, 3.63) is 0 Å². The molecule has 0 rings (SSSR count). The molecule has 0 amide bonds. The van der Waals surface area contributed by atoms with Crippen LogP contribution in [0.4, 0.5) is 0 Å². The second-order valence-corrected chi connectivity index (χ2v) is 5.06. The molecule has 0 unspecified atom stereocenters. The summed E-state index contributed by atoms with van der Waals surface area (Å²) in [6.07, 6.45) is 14.5. The zero-order valence-corrected chi connectivity index (χ0v) is 11.5. The molecule has 2 nitrogen and oxygen atoms in total. The smallest absolute Gasteiger partial charge is 0.129 e. The standard InChI is InChI=1S/C15H30O2/c1-15(17)13-11-9-7-5-3-2-4-6-8-10-12-14-16/h16H,2-14H2,1H3. The van der Waals surface area contributed by atoms with Gasteiger partial charge in [-0.15, -0.1) is 0 Å². The minimum absolute atomic E-state index is 0.327. The lowest BCUT2D eigenvalue weighted by Crippen LogP contribution is -1.89. The van der Waals surface area contributed by atoms with Gasteiger partial charge in [0.25, 0.3) is 0 Å². The zero-order valence-electron chi connectivity index (χ0n) is 11.5. The number of Topliss-reactive ketones (excluding diaryl/α,β-unsaturated/α-hetero) is 1. The molecule has 0 spiro atoms. The van der Waals surface area contributed by atoms with Crippen LogP contribution in [-0.4, -0.2) is 17.5 Å². The second-order valence-electron chi connectivity index (χ2n) is 5.06. The Morgan fingerprint density at radius 2 is 1.06 bits per heavy atom. The summed E-state index contributed by atoms with van der Waals surface area (Å²) in [7, 11) is 0. The number of ketones is 1. The summed E-state index contributed by atoms with van der Waals surface area (Å²) in [4.78, 5) is 10.7. The van der Waals surface area contributed by atoms with E-state index in [1.807, 2.05) is 0 Å². The Morgan fingerprint density at radius 3 is 1.41 bits per heavy atom. The van der Waals surface area contributed by atoms with Crippen LogP contribution in [0, 0.1) is 0 Å². The normalized spacial score (nSPS) is 10.7. The zero-order chi connectivity index (χ0) is 12.8. The van der Waals surface area contributed by atoms with Crippen molar-refractivity contribution < 1.29 is 9.90 Å². The Morgan fingerprint density at radius 1 is 0.706 bits per heavy atom. The first kappa shape index (κ1) is 16.6. The van der Waals surface area contributed by atoms with E-state index in [4.69, 9.17) is 5.11 Å². The Balaban J connectivity index is 2.91. The van der Waals surface area contributed by atoms with E-state index < -0.39 is 0 Å². The summed E-state index contributed by atoms with van der Waals surface area (Å²) < 4.78 is 0. The lowest BCUT2D eigenvalue weighted by Gasteiger charge is -2.02. The van der Waals surface area contributed by atoms with Crippen molar-refractivity contribution in [1.82, 2.24) is 0 Å². The van der Waals surface area contributed by atoms with Gasteiger partial charge in [0.2, 0.25) is 0 Å². The van der Waals surface area contributed by atoms with Crippen molar-refractivity contribution in [3.63, 3.8) is 0 Å². The average molecular weight is 242 g/mol. The molecular weight excluding hydrogens is 212 g/mol. The number of unbranched alkanes of at least 4 members (excludes halogenated alkanes) is 10. The van der Waals surface area contributed by atoms with Crippen LogP contribution in [0.25, 0.3) is 0 Å². The van der Waals surface area contributed by atoms with Crippen LogP contribution in [0.15, 0.2) is 0 Å². The van der Waals surface area contributed by atoms with Gasteiger partial charge in [-0.25, -0.2) is 0 Å². The van der Waals surface area contributed by atoms with Gasteiger partial charge < -0.3 is 9.90 Å². The molecule has 0 radical (unpaired) electrons. The van der Waals surface area contributed by atoms with E-state index in [0.29, 0.717) is 12.4 Å². The van der Waals surface area contributed by atoms with Gasteiger partial charge in [-0.2, -0.15) is 0 Å². The van der Waals surface area contributed by atoms with Gasteiger partial charge in [0.1, 0.15) is 5.78 Å². The molecule has 0 heterocycles. The SMILES string of the molecule is CC(=O)CCCCCCCCCCCCCO. The van der Waals surface area contributed by atoms with Crippen molar-refractivity contribution in [3.8, 4) is 0 Å². The number of aliphatic hydroxyl groups is 1. The van der Waals surface area contributed by atoms with Gasteiger partial charge in [0, 0.05) is 13.0 Å². The highest BCUT2D eigenvalue weighted by atomic mass is 16.2. The lowest BCUT2D eigenvalue weighted by molar-refractivity contribution is -0.117. The minimum Gasteiger partial charge on any atom is -0.396 e. The largest absolute Gasteiger partial charge is 0.396 e. The molecule has 0 aromatic rings. The monoisotopic (exact) mass is 242 g/mol. The lowest BCUT2D eigenvalue weighted by atomic mass is 10.0. The molecule has 17 heavy (non-hydrogen) atoms. The Labute approximate surface area is 107 Å². The summed E-state index contributed by atoms with van der Waals surface area (Å²) >= 11 is 0. The third-order valence-corrected chi connectivity index (χ3v) is 3.19. The summed E-state index contributed by atoms with van der Waals surface area (Å²) in [5, 5.41) is 8.62. The third-order valence-electron chi connectivity index (χ3n) is 3.19. The molecular formula is C15H30O2. The molecule has 0 fully saturated rings. The van der Waals surface area contributed by atoms with Crippen LogP contribution in [-0.2, 0) is 4.79 Å². The molecule has 0 atom stereocenters. The summed E-state index contributed by atoms with van der Waals surface area (Å²) in [5.41, 5.74) is 0. The van der Waals surface area contributed by atoms with Crippen LogP contribution in [0.1, 0.15) is 84.0 Å². The number of hydrogen-bond donors (Lipinski definition) is 1. The highest BCUT2D eigenvalue weighted by Gasteiger charge is 1.95. The fraction of sp³-hybridized carbons (Fsp3) is 0.933. The Bertz CT molecular complexity index is 166. The maximum Gasteiger partial charge on any atom is 0.129 e. The highest BCUT2D eigenvalue weighted by Crippen LogP contribution is 2.11. The molecule has 102 valence electrons. The first-order valence-electron chi connectivity index (χ1n) is 7.37. The maximum atomic E-state index is 10.7. The van der Waals surface area contributed by atoms with Crippen molar-refractivity contribution >= 4 is 5.78 Å². The van der Waals surface area contributed by atoms with Crippen molar-refractivity contribution in [1.29, 1.82) is 0 Å². The topological polar surface area (TPSA) is 37.3 Å². The third kappa shape index (κ3) is 15.6. The van der Waals surface area contributed by atoms with Crippen LogP contribution < -0.4 is 0 Å². The van der Waals surface area contributed by atoms with E-state index in [0.717, 1.165) is 19.3 Å². The van der Waals surface area contributed by atoms with E-state index in [1.165, 1.54) is 57.8 Å². The predicted octanol–water partition coefficient (Wildman–Crippen LogP) is 4.25.